The van der Waals surface area contributed by atoms with Crippen LogP contribution in [0.5, 0.6) is 0 Å². The first-order valence-corrected chi connectivity index (χ1v) is 4.03. The van der Waals surface area contributed by atoms with Crippen LogP contribution in [0, 0.1) is 0 Å². The normalized spacial score (nSPS) is 27.1. The molecule has 0 unspecified atom stereocenters. The quantitative estimate of drug-likeness (QED) is 0.578. The lowest BCUT2D eigenvalue weighted by molar-refractivity contribution is -0.169. The van der Waals surface area contributed by atoms with E-state index in [4.69, 9.17) is 14.2 Å². The molecule has 0 saturated carbocycles. The predicted molar refractivity (Wildman–Crippen MR) is 41.5 cm³/mol. The van der Waals surface area contributed by atoms with Gasteiger partial charge in [0, 0.05) is 0 Å². The Morgan fingerprint density at radius 1 is 1.67 bits per heavy atom. The Labute approximate surface area is 71.8 Å². The van der Waals surface area contributed by atoms with Crippen LogP contribution in [-0.4, -0.2) is 31.1 Å². The Bertz CT molecular complexity index is 176. The maximum absolute atomic E-state index is 11.1. The van der Waals surface area contributed by atoms with Crippen LogP contribution in [0.4, 0.5) is 0 Å². The number of esters is 1. The summed E-state index contributed by atoms with van der Waals surface area (Å²) in [6.07, 6.45) is -0.556. The predicted octanol–water partition coefficient (Wildman–Crippen LogP) is 0.701. The molecule has 0 radical (unpaired) electrons. The van der Waals surface area contributed by atoms with Crippen molar-refractivity contribution in [2.45, 2.75) is 32.7 Å². The standard InChI is InChI=1S/C8H14O4/c1-4-10-7(9)6-5-11-8(2,3)12-6/h6H,4-5H2,1-3H3/t6-/m1/s1. The molecule has 0 aromatic carbocycles. The van der Waals surface area contributed by atoms with Gasteiger partial charge in [-0.15, -0.1) is 0 Å². The van der Waals surface area contributed by atoms with Gasteiger partial charge in [0.05, 0.1) is 13.2 Å². The van der Waals surface area contributed by atoms with Gasteiger partial charge in [-0.05, 0) is 20.8 Å². The Morgan fingerprint density at radius 3 is 2.75 bits per heavy atom. The van der Waals surface area contributed by atoms with Gasteiger partial charge in [0.1, 0.15) is 0 Å². The zero-order chi connectivity index (χ0) is 9.19. The molecule has 0 spiro atoms. The number of ether oxygens (including phenoxy) is 3. The molecule has 1 saturated heterocycles. The Balaban J connectivity index is 2.41. The van der Waals surface area contributed by atoms with Crippen molar-refractivity contribution in [1.82, 2.24) is 0 Å². The lowest BCUT2D eigenvalue weighted by Gasteiger charge is -2.16. The van der Waals surface area contributed by atoms with E-state index >= 15 is 0 Å². The molecule has 1 heterocycles. The van der Waals surface area contributed by atoms with Crippen LogP contribution in [0.15, 0.2) is 0 Å². The fraction of sp³-hybridized carbons (Fsp3) is 0.875. The van der Waals surface area contributed by atoms with E-state index in [2.05, 4.69) is 0 Å². The molecule has 4 nitrogen and oxygen atoms in total. The molecule has 0 aromatic heterocycles. The highest BCUT2D eigenvalue weighted by Gasteiger charge is 2.37. The average Bonchev–Trinajstić information content (AvgIpc) is 2.31. The third-order valence-electron chi connectivity index (χ3n) is 1.56. The molecule has 1 fully saturated rings. The molecule has 0 bridgehead atoms. The van der Waals surface area contributed by atoms with E-state index in [0.717, 1.165) is 0 Å². The molecule has 0 amide bonds. The Hall–Kier alpha value is -0.610. The van der Waals surface area contributed by atoms with E-state index in [0.29, 0.717) is 6.61 Å². The minimum Gasteiger partial charge on any atom is -0.464 e. The second-order valence-corrected chi connectivity index (χ2v) is 3.07. The molecule has 0 aliphatic carbocycles. The van der Waals surface area contributed by atoms with Gasteiger partial charge in [0.15, 0.2) is 11.9 Å². The summed E-state index contributed by atoms with van der Waals surface area (Å²) in [6, 6.07) is 0. The smallest absolute Gasteiger partial charge is 0.337 e. The molecular weight excluding hydrogens is 160 g/mol. The van der Waals surface area contributed by atoms with Gasteiger partial charge in [0.25, 0.3) is 0 Å². The highest BCUT2D eigenvalue weighted by molar-refractivity contribution is 5.75. The van der Waals surface area contributed by atoms with Crippen LogP contribution in [-0.2, 0) is 19.0 Å². The highest BCUT2D eigenvalue weighted by Crippen LogP contribution is 2.22. The van der Waals surface area contributed by atoms with Crippen molar-refractivity contribution in [3.63, 3.8) is 0 Å². The van der Waals surface area contributed by atoms with Crippen molar-refractivity contribution in [2.75, 3.05) is 13.2 Å². The van der Waals surface area contributed by atoms with Gasteiger partial charge in [-0.25, -0.2) is 4.79 Å². The molecule has 70 valence electrons. The molecule has 12 heavy (non-hydrogen) atoms. The van der Waals surface area contributed by atoms with Crippen molar-refractivity contribution < 1.29 is 19.0 Å². The zero-order valence-electron chi connectivity index (χ0n) is 7.62. The first-order valence-electron chi connectivity index (χ1n) is 4.03. The summed E-state index contributed by atoms with van der Waals surface area (Å²) in [6.45, 7) is 5.96. The second-order valence-electron chi connectivity index (χ2n) is 3.07. The first kappa shape index (κ1) is 9.48. The SMILES string of the molecule is CCOC(=O)[C@H]1COC(C)(C)O1. The van der Waals surface area contributed by atoms with Crippen LogP contribution >= 0.6 is 0 Å². The second kappa shape index (κ2) is 3.41. The number of carbonyl (C=O) groups excluding carboxylic acids is 1. The number of hydrogen-bond acceptors (Lipinski definition) is 4. The fourth-order valence-electron chi connectivity index (χ4n) is 1.04. The minimum atomic E-state index is -0.655. The minimum absolute atomic E-state index is 0.284. The zero-order valence-corrected chi connectivity index (χ0v) is 7.62. The van der Waals surface area contributed by atoms with Crippen LogP contribution in [0.25, 0.3) is 0 Å². The Kier molecular flexibility index (Phi) is 2.69. The van der Waals surface area contributed by atoms with Gasteiger partial charge in [-0.2, -0.15) is 0 Å². The van der Waals surface area contributed by atoms with E-state index in [1.54, 1.807) is 20.8 Å². The van der Waals surface area contributed by atoms with Gasteiger partial charge >= 0.3 is 5.97 Å². The third-order valence-corrected chi connectivity index (χ3v) is 1.56. The monoisotopic (exact) mass is 174 g/mol. The molecule has 1 atom stereocenters. The largest absolute Gasteiger partial charge is 0.464 e. The maximum Gasteiger partial charge on any atom is 0.337 e. The van der Waals surface area contributed by atoms with E-state index in [-0.39, 0.29) is 12.6 Å². The maximum atomic E-state index is 11.1. The fourth-order valence-corrected chi connectivity index (χ4v) is 1.04. The van der Waals surface area contributed by atoms with Crippen LogP contribution in [0.1, 0.15) is 20.8 Å². The van der Waals surface area contributed by atoms with Crippen molar-refractivity contribution in [3.05, 3.63) is 0 Å². The molecule has 1 rings (SSSR count). The molecule has 1 aliphatic rings. The van der Waals surface area contributed by atoms with Crippen LogP contribution in [0.2, 0.25) is 0 Å². The summed E-state index contributed by atoms with van der Waals surface area (Å²) in [5.74, 6) is -1.000. The molecule has 0 aromatic rings. The number of hydrogen-bond donors (Lipinski definition) is 0. The molecule has 1 aliphatic heterocycles. The van der Waals surface area contributed by atoms with Gasteiger partial charge in [-0.1, -0.05) is 0 Å². The Morgan fingerprint density at radius 2 is 2.33 bits per heavy atom. The highest BCUT2D eigenvalue weighted by atomic mass is 16.8. The van der Waals surface area contributed by atoms with Crippen molar-refractivity contribution in [3.8, 4) is 0 Å². The summed E-state index contributed by atoms with van der Waals surface area (Å²) in [5, 5.41) is 0. The summed E-state index contributed by atoms with van der Waals surface area (Å²) < 4.78 is 15.2. The summed E-state index contributed by atoms with van der Waals surface area (Å²) in [4.78, 5) is 11.1. The lowest BCUT2D eigenvalue weighted by Crippen LogP contribution is -2.28. The lowest BCUT2D eigenvalue weighted by atomic mass is 10.4. The van der Waals surface area contributed by atoms with Crippen molar-refractivity contribution >= 4 is 5.97 Å². The molecule has 4 heteroatoms. The van der Waals surface area contributed by atoms with Gasteiger partial charge in [0.2, 0.25) is 0 Å². The topological polar surface area (TPSA) is 44.8 Å². The van der Waals surface area contributed by atoms with Crippen molar-refractivity contribution in [1.29, 1.82) is 0 Å². The van der Waals surface area contributed by atoms with E-state index in [1.807, 2.05) is 0 Å². The summed E-state index contributed by atoms with van der Waals surface area (Å²) in [5.41, 5.74) is 0. The van der Waals surface area contributed by atoms with Crippen LogP contribution in [0.3, 0.4) is 0 Å². The summed E-state index contributed by atoms with van der Waals surface area (Å²) in [7, 11) is 0. The van der Waals surface area contributed by atoms with Crippen molar-refractivity contribution in [2.24, 2.45) is 0 Å². The van der Waals surface area contributed by atoms with E-state index in [9.17, 15) is 4.79 Å². The molecular formula is C8H14O4. The number of rotatable bonds is 2. The van der Waals surface area contributed by atoms with Gasteiger partial charge in [-0.3, -0.25) is 0 Å². The first-order chi connectivity index (χ1) is 5.55. The van der Waals surface area contributed by atoms with E-state index in [1.165, 1.54) is 0 Å². The third kappa shape index (κ3) is 2.19. The summed E-state index contributed by atoms with van der Waals surface area (Å²) >= 11 is 0. The average molecular weight is 174 g/mol. The van der Waals surface area contributed by atoms with E-state index < -0.39 is 11.9 Å². The van der Waals surface area contributed by atoms with Gasteiger partial charge < -0.3 is 14.2 Å². The number of carbonyl (C=O) groups is 1. The molecule has 0 N–H and O–H groups in total. The van der Waals surface area contributed by atoms with Crippen LogP contribution < -0.4 is 0 Å².